The van der Waals surface area contributed by atoms with Crippen LogP contribution in [0.4, 0.5) is 18.9 Å². The van der Waals surface area contributed by atoms with Gasteiger partial charge in [-0.1, -0.05) is 48.5 Å². The highest BCUT2D eigenvalue weighted by Crippen LogP contribution is 2.47. The smallest absolute Gasteiger partial charge is 0.354 e. The lowest BCUT2D eigenvalue weighted by Crippen LogP contribution is -2.15. The third-order valence-corrected chi connectivity index (χ3v) is 5.86. The lowest BCUT2D eigenvalue weighted by Gasteiger charge is -2.20. The number of thiophene rings is 1. The van der Waals surface area contributed by atoms with Gasteiger partial charge < -0.3 is 4.98 Å². The van der Waals surface area contributed by atoms with Crippen molar-refractivity contribution < 1.29 is 13.2 Å². The zero-order chi connectivity index (χ0) is 20.4. The minimum Gasteiger partial charge on any atom is -0.354 e. The number of benzene rings is 2. The highest BCUT2D eigenvalue weighted by Gasteiger charge is 2.37. The summed E-state index contributed by atoms with van der Waals surface area (Å²) in [6.45, 7) is 0. The number of H-pyrrole nitrogens is 1. The second-order valence-corrected chi connectivity index (χ2v) is 7.70. The van der Waals surface area contributed by atoms with Gasteiger partial charge in [-0.15, -0.1) is 11.3 Å². The van der Waals surface area contributed by atoms with Crippen LogP contribution in [0, 0.1) is 0 Å². The number of aromatic amines is 1. The summed E-state index contributed by atoms with van der Waals surface area (Å²) in [6, 6.07) is 18.5. The molecule has 0 saturated carbocycles. The van der Waals surface area contributed by atoms with E-state index in [-0.39, 0.29) is 0 Å². The van der Waals surface area contributed by atoms with Gasteiger partial charge in [-0.05, 0) is 40.9 Å². The molecule has 2 heterocycles. The second-order valence-electron chi connectivity index (χ2n) is 6.57. The number of nitrogens with zero attached hydrogens (tertiary/aromatic N) is 1. The van der Waals surface area contributed by atoms with Crippen LogP contribution in [0.25, 0.3) is 22.2 Å². The lowest BCUT2D eigenvalue weighted by atomic mass is 9.88. The minimum absolute atomic E-state index is 0.434. The van der Waals surface area contributed by atoms with E-state index in [1.807, 2.05) is 54.6 Å². The largest absolute Gasteiger partial charge is 0.390 e. The first kappa shape index (κ1) is 19.6. The molecule has 2 aromatic carbocycles. The number of hydrogen-bond donors (Lipinski definition) is 1. The third kappa shape index (κ3) is 4.03. The molecule has 1 N–H and O–H groups in total. The standard InChI is InChI=1S/C22H15F3N2S2/c23-22(24,25)12-16(21-18(26-13-28)10-11-29-21)19-15-8-4-5-9-17(15)27-20(19)14-6-2-1-3-7-14/h1-11,16,27H,12H2. The van der Waals surface area contributed by atoms with Gasteiger partial charge in [-0.2, -0.15) is 18.2 Å². The molecule has 146 valence electrons. The first-order valence-corrected chi connectivity index (χ1v) is 10.1. The fraction of sp³-hybridized carbons (Fsp3) is 0.136. The topological polar surface area (TPSA) is 28.1 Å². The summed E-state index contributed by atoms with van der Waals surface area (Å²) in [6.07, 6.45) is -5.34. The zero-order valence-electron chi connectivity index (χ0n) is 15.0. The number of aliphatic imine (C=N–C) groups is 1. The van der Waals surface area contributed by atoms with Gasteiger partial charge in [0, 0.05) is 21.7 Å². The predicted octanol–water partition coefficient (Wildman–Crippen LogP) is 7.72. The average Bonchev–Trinajstić information content (AvgIpc) is 3.31. The van der Waals surface area contributed by atoms with Crippen molar-refractivity contribution in [3.8, 4) is 11.3 Å². The Kier molecular flexibility index (Phi) is 5.37. The molecule has 0 radical (unpaired) electrons. The van der Waals surface area contributed by atoms with Crippen molar-refractivity contribution in [1.29, 1.82) is 0 Å². The van der Waals surface area contributed by atoms with Crippen LogP contribution in [-0.4, -0.2) is 16.3 Å². The van der Waals surface area contributed by atoms with Crippen LogP contribution in [0.2, 0.25) is 0 Å². The number of aromatic nitrogens is 1. The molecular formula is C22H15F3N2S2. The first-order valence-electron chi connectivity index (χ1n) is 8.86. The lowest BCUT2D eigenvalue weighted by molar-refractivity contribution is -0.136. The van der Waals surface area contributed by atoms with E-state index in [1.165, 1.54) is 11.3 Å². The van der Waals surface area contributed by atoms with E-state index in [4.69, 9.17) is 12.2 Å². The molecule has 0 saturated heterocycles. The van der Waals surface area contributed by atoms with Crippen molar-refractivity contribution in [1.82, 2.24) is 4.98 Å². The van der Waals surface area contributed by atoms with E-state index in [2.05, 4.69) is 15.1 Å². The molecule has 0 fully saturated rings. The van der Waals surface area contributed by atoms with Crippen molar-refractivity contribution >= 4 is 45.3 Å². The normalized spacial score (nSPS) is 12.7. The summed E-state index contributed by atoms with van der Waals surface area (Å²) in [5, 5.41) is 4.79. The molecule has 0 bridgehead atoms. The van der Waals surface area contributed by atoms with Gasteiger partial charge in [0.2, 0.25) is 0 Å². The van der Waals surface area contributed by atoms with Gasteiger partial charge >= 0.3 is 6.18 Å². The molecule has 0 spiro atoms. The van der Waals surface area contributed by atoms with Gasteiger partial charge in [-0.3, -0.25) is 0 Å². The highest BCUT2D eigenvalue weighted by molar-refractivity contribution is 7.78. The average molecular weight is 429 g/mol. The molecule has 1 unspecified atom stereocenters. The molecule has 4 rings (SSSR count). The van der Waals surface area contributed by atoms with Crippen LogP contribution in [-0.2, 0) is 0 Å². The second kappa shape index (κ2) is 7.95. The first-order chi connectivity index (χ1) is 14.0. The van der Waals surface area contributed by atoms with E-state index >= 15 is 0 Å². The molecule has 0 aliphatic rings. The molecule has 0 aliphatic carbocycles. The number of alkyl halides is 3. The van der Waals surface area contributed by atoms with E-state index in [1.54, 1.807) is 11.4 Å². The summed E-state index contributed by atoms with van der Waals surface area (Å²) >= 11 is 5.95. The molecule has 0 amide bonds. The Balaban J connectivity index is 2.02. The Bertz CT molecular complexity index is 1190. The maximum Gasteiger partial charge on any atom is 0.390 e. The van der Waals surface area contributed by atoms with Crippen LogP contribution in [0.15, 0.2) is 71.0 Å². The maximum absolute atomic E-state index is 13.7. The number of fused-ring (bicyclic) bond motifs is 1. The number of para-hydroxylation sites is 1. The Morgan fingerprint density at radius 1 is 1.03 bits per heavy atom. The van der Waals surface area contributed by atoms with Crippen LogP contribution in [0.1, 0.15) is 22.8 Å². The van der Waals surface area contributed by atoms with E-state index in [0.29, 0.717) is 21.8 Å². The highest BCUT2D eigenvalue weighted by atomic mass is 32.1. The molecule has 29 heavy (non-hydrogen) atoms. The fourth-order valence-corrected chi connectivity index (χ4v) is 4.67. The predicted molar refractivity (Wildman–Crippen MR) is 115 cm³/mol. The number of thiocarbonyl (C=S) groups is 1. The zero-order valence-corrected chi connectivity index (χ0v) is 16.7. The summed E-state index contributed by atoms with van der Waals surface area (Å²) in [7, 11) is 0. The molecule has 7 heteroatoms. The number of nitrogens with one attached hydrogen (secondary N) is 1. The number of hydrogen-bond acceptors (Lipinski definition) is 3. The van der Waals surface area contributed by atoms with E-state index in [0.717, 1.165) is 16.5 Å². The van der Waals surface area contributed by atoms with Crippen molar-refractivity contribution in [2.75, 3.05) is 0 Å². The third-order valence-electron chi connectivity index (χ3n) is 4.75. The monoisotopic (exact) mass is 428 g/mol. The summed E-state index contributed by atoms with van der Waals surface area (Å²) in [5.74, 6) is -0.913. The van der Waals surface area contributed by atoms with E-state index < -0.39 is 18.5 Å². The summed E-state index contributed by atoms with van der Waals surface area (Å²) in [5.41, 5.74) is 3.37. The van der Waals surface area contributed by atoms with Crippen LogP contribution >= 0.6 is 23.6 Å². The SMILES string of the molecule is FC(F)(F)CC(c1sccc1N=C=S)c1c(-c2ccccc2)[nH]c2ccccc12. The fourth-order valence-electron chi connectivity index (χ4n) is 3.63. The van der Waals surface area contributed by atoms with E-state index in [9.17, 15) is 13.2 Å². The summed E-state index contributed by atoms with van der Waals surface area (Å²) < 4.78 is 41.0. The number of halogens is 3. The van der Waals surface area contributed by atoms with Crippen molar-refractivity contribution in [3.05, 3.63) is 76.5 Å². The van der Waals surface area contributed by atoms with Crippen molar-refractivity contribution in [3.63, 3.8) is 0 Å². The Morgan fingerprint density at radius 3 is 2.48 bits per heavy atom. The Labute approximate surface area is 174 Å². The molecule has 2 aromatic heterocycles. The Morgan fingerprint density at radius 2 is 1.76 bits per heavy atom. The molecule has 2 nitrogen and oxygen atoms in total. The molecule has 0 aliphatic heterocycles. The van der Waals surface area contributed by atoms with Crippen molar-refractivity contribution in [2.24, 2.45) is 4.99 Å². The van der Waals surface area contributed by atoms with Crippen LogP contribution in [0.5, 0.6) is 0 Å². The van der Waals surface area contributed by atoms with Crippen LogP contribution < -0.4 is 0 Å². The maximum atomic E-state index is 13.7. The van der Waals surface area contributed by atoms with Crippen LogP contribution in [0.3, 0.4) is 0 Å². The van der Waals surface area contributed by atoms with Gasteiger partial charge in [0.25, 0.3) is 0 Å². The number of isothiocyanates is 1. The van der Waals surface area contributed by atoms with Gasteiger partial charge in [0.05, 0.1) is 23.0 Å². The van der Waals surface area contributed by atoms with Crippen molar-refractivity contribution in [2.45, 2.75) is 18.5 Å². The van der Waals surface area contributed by atoms with Gasteiger partial charge in [0.15, 0.2) is 0 Å². The van der Waals surface area contributed by atoms with Gasteiger partial charge in [0.1, 0.15) is 0 Å². The summed E-state index contributed by atoms with van der Waals surface area (Å²) in [4.78, 5) is 7.87. The number of rotatable bonds is 5. The molecular weight excluding hydrogens is 413 g/mol. The quantitative estimate of drug-likeness (QED) is 0.256. The molecule has 1 atom stereocenters. The Hall–Kier alpha value is -2.73. The van der Waals surface area contributed by atoms with Gasteiger partial charge in [-0.25, -0.2) is 0 Å². The molecule has 4 aromatic rings. The minimum atomic E-state index is -4.35.